The molecule has 0 radical (unpaired) electrons. The number of rotatable bonds is 7. The summed E-state index contributed by atoms with van der Waals surface area (Å²) in [5, 5.41) is 0. The van der Waals surface area contributed by atoms with Gasteiger partial charge < -0.3 is 4.18 Å². The lowest BCUT2D eigenvalue weighted by atomic mass is 10.2. The fourth-order valence-corrected chi connectivity index (χ4v) is 2.28. The fourth-order valence-electron chi connectivity index (χ4n) is 1.18. The third-order valence-corrected chi connectivity index (χ3v) is 3.55. The normalized spacial score (nSPS) is 13.2. The van der Waals surface area contributed by atoms with Gasteiger partial charge in [0.15, 0.2) is 0 Å². The van der Waals surface area contributed by atoms with Gasteiger partial charge in [0.2, 0.25) is 0 Å². The van der Waals surface area contributed by atoms with Crippen LogP contribution in [0.1, 0.15) is 12.5 Å². The third-order valence-electron chi connectivity index (χ3n) is 2.07. The van der Waals surface area contributed by atoms with Gasteiger partial charge >= 0.3 is 21.5 Å². The summed E-state index contributed by atoms with van der Waals surface area (Å²) in [6.45, 7) is 1.58. The van der Waals surface area contributed by atoms with E-state index >= 15 is 0 Å². The maximum atomic E-state index is 11.5. The second kappa shape index (κ2) is 6.83. The molecule has 0 aromatic heterocycles. The van der Waals surface area contributed by atoms with Crippen LogP contribution >= 0.6 is 0 Å². The predicted molar refractivity (Wildman–Crippen MR) is 67.0 cm³/mol. The lowest BCUT2D eigenvalue weighted by molar-refractivity contribution is 0.323. The molecule has 18 heavy (non-hydrogen) atoms. The minimum atomic E-state index is -3.82. The molecule has 102 valence electrons. The number of benzene rings is 1. The molecule has 8 heteroatoms. The SMILES string of the molecule is CCc1ccc(OS(=O)(=O)CCOS(=O)O)cc1. The molecule has 1 N–H and O–H groups in total. The maximum Gasteiger partial charge on any atom is 0.311 e. The Labute approximate surface area is 109 Å². The summed E-state index contributed by atoms with van der Waals surface area (Å²) in [7, 11) is -3.82. The molecule has 1 atom stereocenters. The van der Waals surface area contributed by atoms with E-state index in [0.29, 0.717) is 0 Å². The second-order valence-electron chi connectivity index (χ2n) is 3.38. The van der Waals surface area contributed by atoms with Gasteiger partial charge in [0.05, 0.1) is 6.61 Å². The topological polar surface area (TPSA) is 89.9 Å². The van der Waals surface area contributed by atoms with Crippen molar-refractivity contribution in [1.82, 2.24) is 0 Å². The Morgan fingerprint density at radius 3 is 2.39 bits per heavy atom. The highest BCUT2D eigenvalue weighted by molar-refractivity contribution is 7.87. The molecule has 6 nitrogen and oxygen atoms in total. The Balaban J connectivity index is 2.56. The summed E-state index contributed by atoms with van der Waals surface area (Å²) < 4.78 is 50.4. The van der Waals surface area contributed by atoms with Crippen LogP contribution in [0.15, 0.2) is 24.3 Å². The van der Waals surface area contributed by atoms with Crippen molar-refractivity contribution >= 4 is 21.5 Å². The standard InChI is InChI=1S/C10H14O6S2/c1-2-9-3-5-10(6-4-9)16-18(13,14)8-7-15-17(11)12/h3-6H,2,7-8H2,1H3,(H,11,12). The van der Waals surface area contributed by atoms with Crippen molar-refractivity contribution < 1.29 is 25.5 Å². The van der Waals surface area contributed by atoms with Crippen molar-refractivity contribution in [3.8, 4) is 5.75 Å². The summed E-state index contributed by atoms with van der Waals surface area (Å²) in [5.41, 5.74) is 1.07. The highest BCUT2D eigenvalue weighted by Gasteiger charge is 2.13. The molecule has 0 saturated carbocycles. The van der Waals surface area contributed by atoms with Gasteiger partial charge in [-0.05, 0) is 24.1 Å². The Hall–Kier alpha value is -0.960. The Morgan fingerprint density at radius 2 is 1.89 bits per heavy atom. The lowest BCUT2D eigenvalue weighted by Gasteiger charge is -2.06. The molecule has 0 aliphatic rings. The van der Waals surface area contributed by atoms with E-state index in [9.17, 15) is 12.6 Å². The zero-order chi connectivity index (χ0) is 13.6. The minimum Gasteiger partial charge on any atom is -0.382 e. The zero-order valence-electron chi connectivity index (χ0n) is 9.74. The van der Waals surface area contributed by atoms with Crippen LogP contribution in [0.4, 0.5) is 0 Å². The van der Waals surface area contributed by atoms with E-state index < -0.39 is 33.8 Å². The van der Waals surface area contributed by atoms with Crippen molar-refractivity contribution in [2.75, 3.05) is 12.4 Å². The van der Waals surface area contributed by atoms with Crippen molar-refractivity contribution in [1.29, 1.82) is 0 Å². The first-order valence-electron chi connectivity index (χ1n) is 5.18. The van der Waals surface area contributed by atoms with Gasteiger partial charge in [-0.2, -0.15) is 12.6 Å². The highest BCUT2D eigenvalue weighted by atomic mass is 32.2. The summed E-state index contributed by atoms with van der Waals surface area (Å²) in [6.07, 6.45) is 0.850. The molecule has 0 bridgehead atoms. The third kappa shape index (κ3) is 5.58. The molecular weight excluding hydrogens is 280 g/mol. The van der Waals surface area contributed by atoms with Gasteiger partial charge in [-0.1, -0.05) is 19.1 Å². The summed E-state index contributed by atoms with van der Waals surface area (Å²) in [5.74, 6) is -0.285. The van der Waals surface area contributed by atoms with Gasteiger partial charge in [-0.25, -0.2) is 0 Å². The smallest absolute Gasteiger partial charge is 0.311 e. The first-order valence-corrected chi connectivity index (χ1v) is 7.79. The molecule has 0 fully saturated rings. The molecule has 1 unspecified atom stereocenters. The van der Waals surface area contributed by atoms with Crippen LogP contribution in [0.25, 0.3) is 0 Å². The lowest BCUT2D eigenvalue weighted by Crippen LogP contribution is -2.18. The van der Waals surface area contributed by atoms with E-state index in [1.165, 1.54) is 0 Å². The van der Waals surface area contributed by atoms with E-state index in [4.69, 9.17) is 8.74 Å². The van der Waals surface area contributed by atoms with E-state index in [1.54, 1.807) is 24.3 Å². The molecule has 0 saturated heterocycles. The van der Waals surface area contributed by atoms with E-state index in [2.05, 4.69) is 4.18 Å². The van der Waals surface area contributed by atoms with Crippen LogP contribution in [0.5, 0.6) is 5.75 Å². The molecule has 0 amide bonds. The van der Waals surface area contributed by atoms with Crippen molar-refractivity contribution in [2.24, 2.45) is 0 Å². The molecule has 1 aromatic rings. The average molecular weight is 294 g/mol. The molecule has 0 aliphatic heterocycles. The Bertz CT molecular complexity index is 494. The van der Waals surface area contributed by atoms with Crippen LogP contribution in [0.3, 0.4) is 0 Å². The summed E-state index contributed by atoms with van der Waals surface area (Å²) in [4.78, 5) is 0. The molecule has 0 spiro atoms. The van der Waals surface area contributed by atoms with Gasteiger partial charge in [-0.3, -0.25) is 8.74 Å². The van der Waals surface area contributed by atoms with E-state index in [0.717, 1.165) is 12.0 Å². The van der Waals surface area contributed by atoms with Gasteiger partial charge in [0, 0.05) is 0 Å². The average Bonchev–Trinajstić information content (AvgIpc) is 2.28. The zero-order valence-corrected chi connectivity index (χ0v) is 11.4. The monoisotopic (exact) mass is 294 g/mol. The van der Waals surface area contributed by atoms with Gasteiger partial charge in [-0.15, -0.1) is 0 Å². The van der Waals surface area contributed by atoms with Crippen LogP contribution in [0, 0.1) is 0 Å². The van der Waals surface area contributed by atoms with Crippen LogP contribution in [-0.4, -0.2) is 29.5 Å². The molecule has 0 aliphatic carbocycles. The van der Waals surface area contributed by atoms with Gasteiger partial charge in [0.25, 0.3) is 0 Å². The number of hydrogen-bond donors (Lipinski definition) is 1. The molecular formula is C10H14O6S2. The Morgan fingerprint density at radius 1 is 1.28 bits per heavy atom. The van der Waals surface area contributed by atoms with Crippen LogP contribution in [0.2, 0.25) is 0 Å². The first kappa shape index (κ1) is 15.1. The largest absolute Gasteiger partial charge is 0.382 e. The predicted octanol–water partition coefficient (Wildman–Crippen LogP) is 1.11. The minimum absolute atomic E-state index is 0.206. The van der Waals surface area contributed by atoms with Crippen LogP contribution in [-0.2, 0) is 32.1 Å². The van der Waals surface area contributed by atoms with Gasteiger partial charge in [0.1, 0.15) is 11.5 Å². The summed E-state index contributed by atoms with van der Waals surface area (Å²) >= 11 is -2.47. The quantitative estimate of drug-likeness (QED) is 0.598. The van der Waals surface area contributed by atoms with Crippen molar-refractivity contribution in [3.63, 3.8) is 0 Å². The van der Waals surface area contributed by atoms with Crippen molar-refractivity contribution in [3.05, 3.63) is 29.8 Å². The maximum absolute atomic E-state index is 11.5. The van der Waals surface area contributed by atoms with Crippen molar-refractivity contribution in [2.45, 2.75) is 13.3 Å². The molecule has 0 heterocycles. The first-order chi connectivity index (χ1) is 8.43. The fraction of sp³-hybridized carbons (Fsp3) is 0.400. The summed E-state index contributed by atoms with van der Waals surface area (Å²) in [6, 6.07) is 6.65. The second-order valence-corrected chi connectivity index (χ2v) is 5.74. The number of hydrogen-bond acceptors (Lipinski definition) is 5. The molecule has 1 aromatic carbocycles. The Kier molecular flexibility index (Phi) is 5.73. The molecule has 1 rings (SSSR count). The number of aryl methyl sites for hydroxylation is 1. The van der Waals surface area contributed by atoms with E-state index in [-0.39, 0.29) is 5.75 Å². The van der Waals surface area contributed by atoms with E-state index in [1.807, 2.05) is 6.92 Å². The van der Waals surface area contributed by atoms with Crippen LogP contribution < -0.4 is 4.18 Å². The highest BCUT2D eigenvalue weighted by Crippen LogP contribution is 2.14.